The minimum Gasteiger partial charge on any atom is -0.444 e. The third-order valence-corrected chi connectivity index (χ3v) is 3.16. The van der Waals surface area contributed by atoms with Crippen LogP contribution < -0.4 is 10.6 Å². The van der Waals surface area contributed by atoms with E-state index in [1.54, 1.807) is 0 Å². The molecule has 18 heavy (non-hydrogen) atoms. The van der Waals surface area contributed by atoms with Crippen molar-refractivity contribution >= 4 is 6.09 Å². The maximum Gasteiger partial charge on any atom is 0.407 e. The molecule has 5 heteroatoms. The van der Waals surface area contributed by atoms with Crippen molar-refractivity contribution in [3.05, 3.63) is 0 Å². The highest BCUT2D eigenvalue weighted by atomic mass is 16.6. The van der Waals surface area contributed by atoms with Gasteiger partial charge in [-0.3, -0.25) is 0 Å². The van der Waals surface area contributed by atoms with Crippen LogP contribution in [0.4, 0.5) is 4.79 Å². The molecular formula is C13H24N2O3. The van der Waals surface area contributed by atoms with Crippen LogP contribution in [0.15, 0.2) is 0 Å². The molecular weight excluding hydrogens is 232 g/mol. The minimum absolute atomic E-state index is 0.225. The summed E-state index contributed by atoms with van der Waals surface area (Å²) < 4.78 is 10.5. The number of ether oxygens (including phenoxy) is 2. The molecule has 1 aliphatic heterocycles. The van der Waals surface area contributed by atoms with E-state index in [1.807, 2.05) is 20.8 Å². The summed E-state index contributed by atoms with van der Waals surface area (Å²) in [6.07, 6.45) is 2.81. The van der Waals surface area contributed by atoms with Gasteiger partial charge in [-0.15, -0.1) is 0 Å². The largest absolute Gasteiger partial charge is 0.444 e. The molecule has 0 radical (unpaired) electrons. The molecule has 2 aliphatic rings. The standard InChI is InChI=1S/C13H24N2O3/c1-13(2,3)18-12(16)15-11-8-10(11)14-9-4-6-17-7-5-9/h9-11,14H,4-8H2,1-3H3,(H,15,16). The summed E-state index contributed by atoms with van der Waals surface area (Å²) in [5.41, 5.74) is -0.428. The van der Waals surface area contributed by atoms with E-state index in [0.29, 0.717) is 12.1 Å². The fourth-order valence-corrected chi connectivity index (χ4v) is 2.16. The maximum absolute atomic E-state index is 11.6. The van der Waals surface area contributed by atoms with E-state index in [4.69, 9.17) is 9.47 Å². The predicted molar refractivity (Wildman–Crippen MR) is 68.5 cm³/mol. The van der Waals surface area contributed by atoms with Crippen LogP contribution >= 0.6 is 0 Å². The van der Waals surface area contributed by atoms with E-state index < -0.39 is 5.60 Å². The van der Waals surface area contributed by atoms with Crippen molar-refractivity contribution in [2.45, 2.75) is 63.8 Å². The molecule has 0 aromatic heterocycles. The van der Waals surface area contributed by atoms with Crippen molar-refractivity contribution in [1.82, 2.24) is 10.6 Å². The number of rotatable bonds is 3. The second kappa shape index (κ2) is 5.45. The molecule has 0 bridgehead atoms. The fraction of sp³-hybridized carbons (Fsp3) is 0.923. The van der Waals surface area contributed by atoms with Gasteiger partial charge in [0.2, 0.25) is 0 Å². The molecule has 104 valence electrons. The molecule has 0 aromatic rings. The lowest BCUT2D eigenvalue weighted by Crippen LogP contribution is -2.41. The van der Waals surface area contributed by atoms with Gasteiger partial charge in [-0.1, -0.05) is 0 Å². The summed E-state index contributed by atoms with van der Waals surface area (Å²) >= 11 is 0. The average Bonchev–Trinajstić information content (AvgIpc) is 2.94. The van der Waals surface area contributed by atoms with Crippen LogP contribution in [0.3, 0.4) is 0 Å². The Morgan fingerprint density at radius 1 is 1.22 bits per heavy atom. The van der Waals surface area contributed by atoms with Gasteiger partial charge in [0, 0.05) is 31.3 Å². The number of amides is 1. The summed E-state index contributed by atoms with van der Waals surface area (Å²) in [4.78, 5) is 11.6. The van der Waals surface area contributed by atoms with Crippen molar-refractivity contribution in [2.75, 3.05) is 13.2 Å². The minimum atomic E-state index is -0.428. The quantitative estimate of drug-likeness (QED) is 0.802. The van der Waals surface area contributed by atoms with Crippen LogP contribution in [-0.4, -0.2) is 43.0 Å². The molecule has 2 rings (SSSR count). The summed E-state index contributed by atoms with van der Waals surface area (Å²) in [6.45, 7) is 7.30. The number of hydrogen-bond donors (Lipinski definition) is 2. The third-order valence-electron chi connectivity index (χ3n) is 3.16. The van der Waals surface area contributed by atoms with E-state index in [1.165, 1.54) is 0 Å². The van der Waals surface area contributed by atoms with Crippen LogP contribution in [0.5, 0.6) is 0 Å². The van der Waals surface area contributed by atoms with E-state index in [-0.39, 0.29) is 12.1 Å². The van der Waals surface area contributed by atoms with Crippen LogP contribution in [0, 0.1) is 0 Å². The number of alkyl carbamates (subject to hydrolysis) is 1. The van der Waals surface area contributed by atoms with Crippen LogP contribution in [0.25, 0.3) is 0 Å². The second-order valence-electron chi connectivity index (χ2n) is 6.15. The number of carbonyl (C=O) groups is 1. The molecule has 2 atom stereocenters. The predicted octanol–water partition coefficient (Wildman–Crippen LogP) is 1.42. The summed E-state index contributed by atoms with van der Waals surface area (Å²) in [5, 5.41) is 6.46. The highest BCUT2D eigenvalue weighted by Crippen LogP contribution is 2.24. The SMILES string of the molecule is CC(C)(C)OC(=O)NC1CC1NC1CCOCC1. The van der Waals surface area contributed by atoms with Crippen molar-refractivity contribution < 1.29 is 14.3 Å². The first-order valence-corrected chi connectivity index (χ1v) is 6.77. The van der Waals surface area contributed by atoms with Crippen molar-refractivity contribution in [1.29, 1.82) is 0 Å². The monoisotopic (exact) mass is 256 g/mol. The molecule has 5 nitrogen and oxygen atoms in total. The zero-order chi connectivity index (χ0) is 13.2. The maximum atomic E-state index is 11.6. The molecule has 1 amide bonds. The van der Waals surface area contributed by atoms with Crippen LogP contribution in [-0.2, 0) is 9.47 Å². The van der Waals surface area contributed by atoms with Crippen molar-refractivity contribution in [2.24, 2.45) is 0 Å². The van der Waals surface area contributed by atoms with Gasteiger partial charge in [0.1, 0.15) is 5.60 Å². The van der Waals surface area contributed by atoms with Gasteiger partial charge >= 0.3 is 6.09 Å². The number of nitrogens with one attached hydrogen (secondary N) is 2. The normalized spacial score (nSPS) is 28.8. The van der Waals surface area contributed by atoms with Crippen LogP contribution in [0.2, 0.25) is 0 Å². The fourth-order valence-electron chi connectivity index (χ4n) is 2.16. The molecule has 1 aliphatic carbocycles. The average molecular weight is 256 g/mol. The zero-order valence-electron chi connectivity index (χ0n) is 11.5. The Labute approximate surface area is 109 Å². The van der Waals surface area contributed by atoms with Crippen molar-refractivity contribution in [3.63, 3.8) is 0 Å². The Morgan fingerprint density at radius 3 is 2.50 bits per heavy atom. The number of carbonyl (C=O) groups excluding carboxylic acids is 1. The summed E-state index contributed by atoms with van der Waals surface area (Å²) in [6, 6.07) is 1.16. The Bertz CT molecular complexity index is 295. The molecule has 2 fully saturated rings. The molecule has 2 unspecified atom stereocenters. The van der Waals surface area contributed by atoms with Gasteiger partial charge in [0.15, 0.2) is 0 Å². The van der Waals surface area contributed by atoms with Crippen LogP contribution in [0.1, 0.15) is 40.0 Å². The third kappa shape index (κ3) is 4.46. The molecule has 1 saturated heterocycles. The molecule has 2 N–H and O–H groups in total. The highest BCUT2D eigenvalue weighted by Gasteiger charge is 2.40. The lowest BCUT2D eigenvalue weighted by molar-refractivity contribution is 0.0519. The van der Waals surface area contributed by atoms with E-state index in [2.05, 4.69) is 10.6 Å². The Kier molecular flexibility index (Phi) is 4.12. The Hall–Kier alpha value is -0.810. The molecule has 0 spiro atoms. The van der Waals surface area contributed by atoms with E-state index >= 15 is 0 Å². The highest BCUT2D eigenvalue weighted by molar-refractivity contribution is 5.68. The first-order valence-electron chi connectivity index (χ1n) is 6.77. The first-order chi connectivity index (χ1) is 8.44. The topological polar surface area (TPSA) is 59.6 Å². The summed E-state index contributed by atoms with van der Waals surface area (Å²) in [7, 11) is 0. The zero-order valence-corrected chi connectivity index (χ0v) is 11.5. The van der Waals surface area contributed by atoms with Gasteiger partial charge in [-0.2, -0.15) is 0 Å². The second-order valence-corrected chi connectivity index (χ2v) is 6.15. The van der Waals surface area contributed by atoms with Crippen molar-refractivity contribution in [3.8, 4) is 0 Å². The van der Waals surface area contributed by atoms with Gasteiger partial charge in [0.25, 0.3) is 0 Å². The summed E-state index contributed by atoms with van der Waals surface area (Å²) in [5.74, 6) is 0. The first kappa shape index (κ1) is 13.6. The van der Waals surface area contributed by atoms with E-state index in [0.717, 1.165) is 32.5 Å². The van der Waals surface area contributed by atoms with Gasteiger partial charge in [0.05, 0.1) is 0 Å². The Balaban J connectivity index is 1.63. The number of hydrogen-bond acceptors (Lipinski definition) is 4. The van der Waals surface area contributed by atoms with Gasteiger partial charge in [-0.05, 0) is 40.0 Å². The smallest absolute Gasteiger partial charge is 0.407 e. The van der Waals surface area contributed by atoms with Gasteiger partial charge in [-0.25, -0.2) is 4.79 Å². The Morgan fingerprint density at radius 2 is 1.89 bits per heavy atom. The van der Waals surface area contributed by atoms with Gasteiger partial charge < -0.3 is 20.1 Å². The lowest BCUT2D eigenvalue weighted by atomic mass is 10.1. The lowest BCUT2D eigenvalue weighted by Gasteiger charge is -2.23. The molecule has 1 saturated carbocycles. The molecule has 1 heterocycles. The molecule has 0 aromatic carbocycles. The van der Waals surface area contributed by atoms with E-state index in [9.17, 15) is 4.79 Å².